The molecule has 174 valence electrons. The number of nitrogens with zero attached hydrogens (tertiary/aromatic N) is 4. The summed E-state index contributed by atoms with van der Waals surface area (Å²) in [5.74, 6) is -1.20. The van der Waals surface area contributed by atoms with Crippen molar-refractivity contribution in [1.82, 2.24) is 20.1 Å². The summed E-state index contributed by atoms with van der Waals surface area (Å²) in [5.41, 5.74) is 4.91. The van der Waals surface area contributed by atoms with Crippen LogP contribution in [0, 0.1) is 13.8 Å². The molecule has 11 heteroatoms. The van der Waals surface area contributed by atoms with Crippen molar-refractivity contribution in [2.75, 3.05) is 18.5 Å². The molecular weight excluding hydrogens is 425 g/mol. The lowest BCUT2D eigenvalue weighted by Gasteiger charge is -2.26. The van der Waals surface area contributed by atoms with E-state index in [0.717, 1.165) is 17.8 Å². The molecule has 1 aliphatic heterocycles. The van der Waals surface area contributed by atoms with Crippen LogP contribution in [-0.2, 0) is 21.2 Å². The molecule has 0 bridgehead atoms. The monoisotopic (exact) mass is 452 g/mol. The lowest BCUT2D eigenvalue weighted by atomic mass is 9.81. The molecule has 0 aromatic carbocycles. The second-order valence-electron chi connectivity index (χ2n) is 8.47. The number of nitrogens with two attached hydrogens (primary N) is 1. The highest BCUT2D eigenvalue weighted by Crippen LogP contribution is 2.41. The summed E-state index contributed by atoms with van der Waals surface area (Å²) < 4.78 is 42.0. The topological polar surface area (TPSA) is 106 Å². The zero-order valence-electron chi connectivity index (χ0n) is 18.6. The number of rotatable bonds is 5. The zero-order valence-corrected chi connectivity index (χ0v) is 18.6. The maximum atomic E-state index is 13.4. The highest BCUT2D eigenvalue weighted by atomic mass is 19.4. The van der Waals surface area contributed by atoms with Crippen molar-refractivity contribution in [3.05, 3.63) is 40.8 Å². The van der Waals surface area contributed by atoms with Crippen molar-refractivity contribution in [3.63, 3.8) is 0 Å². The summed E-state index contributed by atoms with van der Waals surface area (Å²) >= 11 is 0. The van der Waals surface area contributed by atoms with E-state index in [2.05, 4.69) is 15.4 Å². The first-order valence-corrected chi connectivity index (χ1v) is 10.2. The first-order valence-electron chi connectivity index (χ1n) is 10.2. The third-order valence-corrected chi connectivity index (χ3v) is 5.84. The van der Waals surface area contributed by atoms with Crippen molar-refractivity contribution in [3.8, 4) is 0 Å². The largest absolute Gasteiger partial charge is 0.416 e. The van der Waals surface area contributed by atoms with Crippen LogP contribution in [-0.4, -0.2) is 46.2 Å². The van der Waals surface area contributed by atoms with Crippen LogP contribution < -0.4 is 16.0 Å². The first kappa shape index (κ1) is 23.6. The SMILES string of the molecule is CNC(=O)C1CC(C(N)=O)(c2cc(C)n(C(C)C)n2)CN1c1cc(C(F)(F)F)cc(C)n1. The molecule has 2 unspecified atom stereocenters. The van der Waals surface area contributed by atoms with E-state index in [1.807, 2.05) is 20.8 Å². The van der Waals surface area contributed by atoms with Crippen LogP contribution in [0.25, 0.3) is 0 Å². The summed E-state index contributed by atoms with van der Waals surface area (Å²) in [6.07, 6.45) is -4.62. The number of hydrogen-bond donors (Lipinski definition) is 2. The quantitative estimate of drug-likeness (QED) is 0.724. The van der Waals surface area contributed by atoms with Crippen LogP contribution in [0.5, 0.6) is 0 Å². The molecule has 0 spiro atoms. The number of amides is 2. The number of hydrogen-bond acceptors (Lipinski definition) is 5. The lowest BCUT2D eigenvalue weighted by molar-refractivity contribution is -0.137. The van der Waals surface area contributed by atoms with E-state index in [4.69, 9.17) is 5.73 Å². The Bertz CT molecular complexity index is 1050. The van der Waals surface area contributed by atoms with E-state index < -0.39 is 35.0 Å². The van der Waals surface area contributed by atoms with E-state index in [1.54, 1.807) is 10.7 Å². The van der Waals surface area contributed by atoms with E-state index in [0.29, 0.717) is 5.69 Å². The standard InChI is InChI=1S/C21H27F3N6O2/c1-11(2)30-13(4)7-16(28-30)20(19(25)32)9-15(18(31)26-5)29(10-20)17-8-14(21(22,23)24)6-12(3)27-17/h6-8,11,15H,9-10H2,1-5H3,(H2,25,32)(H,26,31). The Morgan fingerprint density at radius 1 is 1.25 bits per heavy atom. The van der Waals surface area contributed by atoms with Gasteiger partial charge >= 0.3 is 6.18 Å². The lowest BCUT2D eigenvalue weighted by Crippen LogP contribution is -2.44. The minimum Gasteiger partial charge on any atom is -0.369 e. The zero-order chi connectivity index (χ0) is 24.0. The summed E-state index contributed by atoms with van der Waals surface area (Å²) in [7, 11) is 1.42. The smallest absolute Gasteiger partial charge is 0.369 e. The van der Waals surface area contributed by atoms with E-state index in [1.165, 1.54) is 18.9 Å². The molecule has 3 N–H and O–H groups in total. The Labute approximate surface area is 184 Å². The van der Waals surface area contributed by atoms with Gasteiger partial charge in [-0.15, -0.1) is 0 Å². The van der Waals surface area contributed by atoms with Crippen molar-refractivity contribution in [2.45, 2.75) is 57.8 Å². The fourth-order valence-corrected chi connectivity index (χ4v) is 4.24. The average molecular weight is 452 g/mol. The number of carbonyl (C=O) groups excluding carboxylic acids is 2. The van der Waals surface area contributed by atoms with Crippen LogP contribution >= 0.6 is 0 Å². The van der Waals surface area contributed by atoms with Gasteiger partial charge < -0.3 is 16.0 Å². The number of pyridine rings is 1. The van der Waals surface area contributed by atoms with E-state index in [9.17, 15) is 22.8 Å². The number of halogens is 3. The average Bonchev–Trinajstić information content (AvgIpc) is 3.28. The van der Waals surface area contributed by atoms with Gasteiger partial charge in [0, 0.05) is 31.0 Å². The fraction of sp³-hybridized carbons (Fsp3) is 0.524. The van der Waals surface area contributed by atoms with E-state index in [-0.39, 0.29) is 30.5 Å². The third kappa shape index (κ3) is 4.03. The first-order chi connectivity index (χ1) is 14.8. The molecule has 1 saturated heterocycles. The third-order valence-electron chi connectivity index (χ3n) is 5.84. The van der Waals surface area contributed by atoms with Crippen LogP contribution in [0.2, 0.25) is 0 Å². The molecule has 0 radical (unpaired) electrons. The minimum absolute atomic E-state index is 0.0219. The van der Waals surface area contributed by atoms with Gasteiger partial charge in [0.15, 0.2) is 0 Å². The predicted octanol–water partition coefficient (Wildman–Crippen LogP) is 2.24. The summed E-state index contributed by atoms with van der Waals surface area (Å²) in [5, 5.41) is 7.08. The van der Waals surface area contributed by atoms with Gasteiger partial charge in [-0.05, 0) is 52.3 Å². The van der Waals surface area contributed by atoms with Crippen LogP contribution in [0.4, 0.5) is 19.0 Å². The molecule has 3 heterocycles. The van der Waals surface area contributed by atoms with Crippen molar-refractivity contribution in [1.29, 1.82) is 0 Å². The molecule has 2 amide bonds. The van der Waals surface area contributed by atoms with Gasteiger partial charge in [-0.25, -0.2) is 4.98 Å². The van der Waals surface area contributed by atoms with Gasteiger partial charge in [0.05, 0.1) is 11.3 Å². The maximum Gasteiger partial charge on any atom is 0.416 e. The maximum absolute atomic E-state index is 13.4. The number of anilines is 1. The molecule has 8 nitrogen and oxygen atoms in total. The van der Waals surface area contributed by atoms with Gasteiger partial charge in [0.2, 0.25) is 11.8 Å². The Balaban J connectivity index is 2.16. The molecule has 1 fully saturated rings. The Morgan fingerprint density at radius 3 is 2.41 bits per heavy atom. The number of primary amides is 1. The Hall–Kier alpha value is -3.11. The second-order valence-corrected chi connectivity index (χ2v) is 8.47. The molecular formula is C21H27F3N6O2. The van der Waals surface area contributed by atoms with Crippen LogP contribution in [0.3, 0.4) is 0 Å². The normalized spacial score (nSPS) is 21.3. The number of carbonyl (C=O) groups is 2. The number of likely N-dealkylation sites (N-methyl/N-ethyl adjacent to an activating group) is 1. The molecule has 0 saturated carbocycles. The number of aromatic nitrogens is 3. The van der Waals surface area contributed by atoms with Gasteiger partial charge in [-0.3, -0.25) is 14.3 Å². The Morgan fingerprint density at radius 2 is 1.91 bits per heavy atom. The molecule has 2 aromatic heterocycles. The molecule has 3 rings (SSSR count). The van der Waals surface area contributed by atoms with Crippen molar-refractivity contribution in [2.24, 2.45) is 5.73 Å². The number of aryl methyl sites for hydroxylation is 2. The van der Waals surface area contributed by atoms with Crippen molar-refractivity contribution >= 4 is 17.6 Å². The summed E-state index contributed by atoms with van der Waals surface area (Å²) in [4.78, 5) is 31.1. The Kier molecular flexibility index (Phi) is 5.96. The molecule has 1 aliphatic rings. The van der Waals surface area contributed by atoms with E-state index >= 15 is 0 Å². The number of alkyl halides is 3. The van der Waals surface area contributed by atoms with Gasteiger partial charge in [0.25, 0.3) is 0 Å². The molecule has 2 aromatic rings. The van der Waals surface area contributed by atoms with Gasteiger partial charge in [-0.1, -0.05) is 0 Å². The van der Waals surface area contributed by atoms with Crippen LogP contribution in [0.15, 0.2) is 18.2 Å². The van der Waals surface area contributed by atoms with Crippen LogP contribution in [0.1, 0.15) is 49.0 Å². The number of nitrogens with one attached hydrogen (secondary N) is 1. The predicted molar refractivity (Wildman–Crippen MR) is 112 cm³/mol. The van der Waals surface area contributed by atoms with Gasteiger partial charge in [-0.2, -0.15) is 18.3 Å². The van der Waals surface area contributed by atoms with Gasteiger partial charge in [0.1, 0.15) is 17.3 Å². The van der Waals surface area contributed by atoms with Crippen molar-refractivity contribution < 1.29 is 22.8 Å². The minimum atomic E-state index is -4.58. The molecule has 0 aliphatic carbocycles. The summed E-state index contributed by atoms with van der Waals surface area (Å²) in [6, 6.07) is 2.63. The highest BCUT2D eigenvalue weighted by molar-refractivity contribution is 5.93. The highest BCUT2D eigenvalue weighted by Gasteiger charge is 2.54. The summed E-state index contributed by atoms with van der Waals surface area (Å²) in [6.45, 7) is 7.03. The second kappa shape index (κ2) is 8.10. The molecule has 2 atom stereocenters. The molecule has 32 heavy (non-hydrogen) atoms. The fourth-order valence-electron chi connectivity index (χ4n) is 4.24.